The van der Waals surface area contributed by atoms with Crippen molar-refractivity contribution >= 4 is 23.6 Å². The lowest BCUT2D eigenvalue weighted by molar-refractivity contribution is -0.137. The second-order valence-electron chi connectivity index (χ2n) is 5.12. The number of carbonyl (C=O) groups excluding carboxylic acids is 2. The Morgan fingerprint density at radius 1 is 1.25 bits per heavy atom. The topological polar surface area (TPSA) is 113 Å². The molecule has 126 valence electrons. The van der Waals surface area contributed by atoms with Gasteiger partial charge in [0.2, 0.25) is 5.91 Å². The summed E-state index contributed by atoms with van der Waals surface area (Å²) in [6.45, 7) is -0.262. The van der Waals surface area contributed by atoms with E-state index in [9.17, 15) is 14.4 Å². The van der Waals surface area contributed by atoms with Crippen LogP contribution in [-0.2, 0) is 22.6 Å². The SMILES string of the molecule is CNC(=O)c1cccc(CCC(=O)Nc2ccn(CC(=O)O)n2)c1. The zero-order valence-electron chi connectivity index (χ0n) is 13.2. The minimum atomic E-state index is -1.01. The van der Waals surface area contributed by atoms with Crippen LogP contribution in [0.15, 0.2) is 36.5 Å². The lowest BCUT2D eigenvalue weighted by Crippen LogP contribution is -2.18. The van der Waals surface area contributed by atoms with Crippen LogP contribution in [0.25, 0.3) is 0 Å². The predicted octanol–water partition coefficient (Wildman–Crippen LogP) is 0.899. The van der Waals surface area contributed by atoms with Gasteiger partial charge in [0.15, 0.2) is 5.82 Å². The number of anilines is 1. The minimum Gasteiger partial charge on any atom is -0.480 e. The number of aliphatic carboxylic acids is 1. The monoisotopic (exact) mass is 330 g/mol. The summed E-state index contributed by atoms with van der Waals surface area (Å²) in [5.41, 5.74) is 1.42. The Morgan fingerprint density at radius 3 is 2.75 bits per heavy atom. The Hall–Kier alpha value is -3.16. The van der Waals surface area contributed by atoms with Gasteiger partial charge in [0.1, 0.15) is 6.54 Å². The molecule has 0 spiro atoms. The first-order valence-electron chi connectivity index (χ1n) is 7.34. The van der Waals surface area contributed by atoms with E-state index in [-0.39, 0.29) is 24.8 Å². The second-order valence-corrected chi connectivity index (χ2v) is 5.12. The average molecular weight is 330 g/mol. The van der Waals surface area contributed by atoms with Gasteiger partial charge in [0, 0.05) is 31.3 Å². The molecule has 0 saturated carbocycles. The van der Waals surface area contributed by atoms with Gasteiger partial charge in [-0.3, -0.25) is 19.1 Å². The number of carbonyl (C=O) groups is 3. The number of rotatable bonds is 7. The smallest absolute Gasteiger partial charge is 0.325 e. The summed E-state index contributed by atoms with van der Waals surface area (Å²) in [6.07, 6.45) is 2.19. The van der Waals surface area contributed by atoms with Gasteiger partial charge >= 0.3 is 5.97 Å². The van der Waals surface area contributed by atoms with E-state index in [0.717, 1.165) is 5.56 Å². The number of aromatic nitrogens is 2. The van der Waals surface area contributed by atoms with Gasteiger partial charge in [-0.1, -0.05) is 12.1 Å². The largest absolute Gasteiger partial charge is 0.480 e. The number of amides is 2. The summed E-state index contributed by atoms with van der Waals surface area (Å²) in [7, 11) is 1.56. The quantitative estimate of drug-likeness (QED) is 0.698. The van der Waals surface area contributed by atoms with Gasteiger partial charge in [-0.25, -0.2) is 0 Å². The first-order chi connectivity index (χ1) is 11.5. The second kappa shape index (κ2) is 7.91. The molecule has 0 bridgehead atoms. The number of nitrogens with one attached hydrogen (secondary N) is 2. The molecule has 0 aliphatic heterocycles. The Balaban J connectivity index is 1.88. The molecule has 0 atom stereocenters. The Kier molecular flexibility index (Phi) is 5.67. The summed E-state index contributed by atoms with van der Waals surface area (Å²) in [5.74, 6) is -1.11. The molecule has 1 aromatic heterocycles. The zero-order valence-corrected chi connectivity index (χ0v) is 13.2. The number of hydrogen-bond acceptors (Lipinski definition) is 4. The molecule has 2 amide bonds. The highest BCUT2D eigenvalue weighted by molar-refractivity contribution is 5.94. The molecular weight excluding hydrogens is 312 g/mol. The molecule has 0 unspecified atom stereocenters. The highest BCUT2D eigenvalue weighted by Gasteiger charge is 2.08. The number of aryl methyl sites for hydroxylation is 1. The van der Waals surface area contributed by atoms with Crippen molar-refractivity contribution < 1.29 is 19.5 Å². The molecular formula is C16H18N4O4. The first kappa shape index (κ1) is 17.2. The standard InChI is InChI=1S/C16H18N4O4/c1-17-16(24)12-4-2-3-11(9-12)5-6-14(21)18-13-7-8-20(19-13)10-15(22)23/h2-4,7-9H,5-6,10H2,1H3,(H,17,24)(H,22,23)(H,18,19,21). The van der Waals surface area contributed by atoms with Crippen molar-refractivity contribution in [2.45, 2.75) is 19.4 Å². The van der Waals surface area contributed by atoms with Gasteiger partial charge in [-0.2, -0.15) is 5.10 Å². The van der Waals surface area contributed by atoms with Crippen LogP contribution in [0.5, 0.6) is 0 Å². The van der Waals surface area contributed by atoms with Gasteiger partial charge in [-0.05, 0) is 24.1 Å². The number of benzene rings is 1. The fourth-order valence-electron chi connectivity index (χ4n) is 2.13. The number of nitrogens with zero attached hydrogens (tertiary/aromatic N) is 2. The summed E-state index contributed by atoms with van der Waals surface area (Å²) < 4.78 is 1.23. The predicted molar refractivity (Wildman–Crippen MR) is 86.6 cm³/mol. The summed E-state index contributed by atoms with van der Waals surface area (Å²) >= 11 is 0. The third kappa shape index (κ3) is 4.94. The number of carboxylic acids is 1. The van der Waals surface area contributed by atoms with Crippen LogP contribution in [0, 0.1) is 0 Å². The number of hydrogen-bond donors (Lipinski definition) is 3. The molecule has 1 aromatic carbocycles. The lowest BCUT2D eigenvalue weighted by atomic mass is 10.1. The van der Waals surface area contributed by atoms with E-state index in [2.05, 4.69) is 15.7 Å². The molecule has 0 saturated heterocycles. The molecule has 0 aliphatic carbocycles. The fourth-order valence-corrected chi connectivity index (χ4v) is 2.13. The van der Waals surface area contributed by atoms with Gasteiger partial charge in [-0.15, -0.1) is 0 Å². The normalized spacial score (nSPS) is 10.2. The Morgan fingerprint density at radius 2 is 2.04 bits per heavy atom. The van der Waals surface area contributed by atoms with Crippen molar-refractivity contribution in [1.82, 2.24) is 15.1 Å². The first-order valence-corrected chi connectivity index (χ1v) is 7.34. The Labute approximate surface area is 138 Å². The van der Waals surface area contributed by atoms with Crippen molar-refractivity contribution in [3.8, 4) is 0 Å². The van der Waals surface area contributed by atoms with Crippen molar-refractivity contribution in [3.63, 3.8) is 0 Å². The molecule has 0 fully saturated rings. The van der Waals surface area contributed by atoms with Gasteiger partial charge < -0.3 is 15.7 Å². The third-order valence-corrected chi connectivity index (χ3v) is 3.26. The Bertz CT molecular complexity index is 754. The average Bonchev–Trinajstić information content (AvgIpc) is 2.98. The molecule has 0 aliphatic rings. The number of carboxylic acid groups (broad SMARTS) is 1. The lowest BCUT2D eigenvalue weighted by Gasteiger charge is -2.05. The van der Waals surface area contributed by atoms with Crippen molar-refractivity contribution in [3.05, 3.63) is 47.7 Å². The maximum absolute atomic E-state index is 11.9. The van der Waals surface area contributed by atoms with Crippen LogP contribution >= 0.6 is 0 Å². The zero-order chi connectivity index (χ0) is 17.5. The maximum Gasteiger partial charge on any atom is 0.325 e. The molecule has 1 heterocycles. The minimum absolute atomic E-state index is 0.176. The van der Waals surface area contributed by atoms with E-state index in [1.54, 1.807) is 25.2 Å². The van der Waals surface area contributed by atoms with E-state index in [4.69, 9.17) is 5.11 Å². The van der Waals surface area contributed by atoms with Crippen LogP contribution < -0.4 is 10.6 Å². The van der Waals surface area contributed by atoms with Gasteiger partial charge in [0.25, 0.3) is 5.91 Å². The molecule has 24 heavy (non-hydrogen) atoms. The summed E-state index contributed by atoms with van der Waals surface area (Å²) in [4.78, 5) is 34.1. The highest BCUT2D eigenvalue weighted by atomic mass is 16.4. The van der Waals surface area contributed by atoms with Crippen LogP contribution in [-0.4, -0.2) is 39.7 Å². The highest BCUT2D eigenvalue weighted by Crippen LogP contribution is 2.09. The molecule has 2 rings (SSSR count). The van der Waals surface area contributed by atoms with E-state index in [1.807, 2.05) is 6.07 Å². The van der Waals surface area contributed by atoms with Crippen LogP contribution in [0.1, 0.15) is 22.3 Å². The van der Waals surface area contributed by atoms with Crippen molar-refractivity contribution in [2.75, 3.05) is 12.4 Å². The van der Waals surface area contributed by atoms with E-state index in [0.29, 0.717) is 17.8 Å². The van der Waals surface area contributed by atoms with Gasteiger partial charge in [0.05, 0.1) is 0 Å². The molecule has 0 radical (unpaired) electrons. The van der Waals surface area contributed by atoms with Crippen LogP contribution in [0.4, 0.5) is 5.82 Å². The molecule has 3 N–H and O–H groups in total. The van der Waals surface area contributed by atoms with Crippen molar-refractivity contribution in [2.24, 2.45) is 0 Å². The van der Waals surface area contributed by atoms with E-state index < -0.39 is 5.97 Å². The third-order valence-electron chi connectivity index (χ3n) is 3.26. The molecule has 2 aromatic rings. The van der Waals surface area contributed by atoms with E-state index >= 15 is 0 Å². The van der Waals surface area contributed by atoms with Crippen molar-refractivity contribution in [1.29, 1.82) is 0 Å². The van der Waals surface area contributed by atoms with Crippen LogP contribution in [0.2, 0.25) is 0 Å². The van der Waals surface area contributed by atoms with E-state index in [1.165, 1.54) is 16.9 Å². The molecule has 8 nitrogen and oxygen atoms in total. The van der Waals surface area contributed by atoms with Crippen LogP contribution in [0.3, 0.4) is 0 Å². The summed E-state index contributed by atoms with van der Waals surface area (Å²) in [6, 6.07) is 8.60. The fraction of sp³-hybridized carbons (Fsp3) is 0.250. The molecule has 8 heteroatoms. The maximum atomic E-state index is 11.9. The summed E-state index contributed by atoms with van der Waals surface area (Å²) in [5, 5.41) is 17.8.